The number of fused-ring (bicyclic) bond motifs is 1. The van der Waals surface area contributed by atoms with Crippen molar-refractivity contribution in [1.82, 2.24) is 19.8 Å². The Morgan fingerprint density at radius 1 is 1.14 bits per heavy atom. The zero-order valence-corrected chi connectivity index (χ0v) is 18.1. The lowest BCUT2D eigenvalue weighted by Gasteiger charge is -2.27. The van der Waals surface area contributed by atoms with Gasteiger partial charge in [-0.05, 0) is 36.8 Å². The average molecular weight is 399 g/mol. The number of amides is 2. The standard InChI is InChI=1S/C23H34N4O2/c1-16(2)13-26(14-17(3)4)22(28)15-27-20-8-6-5-7-19(20)25-21(27)11-12-24-23(29)18-9-10-18/h5-8,16-18H,9-15H2,1-4H3,(H,24,29). The first-order valence-corrected chi connectivity index (χ1v) is 10.8. The molecule has 1 aromatic carbocycles. The van der Waals surface area contributed by atoms with E-state index in [0.29, 0.717) is 24.8 Å². The van der Waals surface area contributed by atoms with E-state index in [1.54, 1.807) is 0 Å². The molecule has 158 valence electrons. The van der Waals surface area contributed by atoms with Crippen LogP contribution in [-0.2, 0) is 22.6 Å². The van der Waals surface area contributed by atoms with E-state index < -0.39 is 0 Å². The summed E-state index contributed by atoms with van der Waals surface area (Å²) in [5.74, 6) is 2.17. The van der Waals surface area contributed by atoms with Crippen LogP contribution in [0.1, 0.15) is 46.4 Å². The molecule has 0 saturated heterocycles. The van der Waals surface area contributed by atoms with Crippen LogP contribution in [0.2, 0.25) is 0 Å². The monoisotopic (exact) mass is 398 g/mol. The van der Waals surface area contributed by atoms with Gasteiger partial charge in [-0.2, -0.15) is 0 Å². The van der Waals surface area contributed by atoms with Crippen molar-refractivity contribution in [3.8, 4) is 0 Å². The summed E-state index contributed by atoms with van der Waals surface area (Å²) >= 11 is 0. The summed E-state index contributed by atoms with van der Waals surface area (Å²) in [6.45, 7) is 10.9. The van der Waals surface area contributed by atoms with Crippen molar-refractivity contribution in [3.63, 3.8) is 0 Å². The van der Waals surface area contributed by atoms with Gasteiger partial charge < -0.3 is 14.8 Å². The number of carbonyl (C=O) groups excluding carboxylic acids is 2. The molecule has 0 unspecified atom stereocenters. The van der Waals surface area contributed by atoms with E-state index in [4.69, 9.17) is 4.98 Å². The molecule has 29 heavy (non-hydrogen) atoms. The molecule has 0 radical (unpaired) electrons. The van der Waals surface area contributed by atoms with Gasteiger partial charge in [0, 0.05) is 32.0 Å². The summed E-state index contributed by atoms with van der Waals surface area (Å²) in [4.78, 5) is 31.8. The minimum Gasteiger partial charge on any atom is -0.355 e. The summed E-state index contributed by atoms with van der Waals surface area (Å²) in [6.07, 6.45) is 2.62. The minimum atomic E-state index is 0.124. The van der Waals surface area contributed by atoms with Crippen LogP contribution in [0.25, 0.3) is 11.0 Å². The Morgan fingerprint density at radius 2 is 1.79 bits per heavy atom. The Kier molecular flexibility index (Phi) is 6.93. The van der Waals surface area contributed by atoms with E-state index >= 15 is 0 Å². The van der Waals surface area contributed by atoms with Crippen molar-refractivity contribution >= 4 is 22.8 Å². The van der Waals surface area contributed by atoms with Gasteiger partial charge >= 0.3 is 0 Å². The largest absolute Gasteiger partial charge is 0.355 e. The first-order chi connectivity index (χ1) is 13.8. The van der Waals surface area contributed by atoms with Crippen molar-refractivity contribution in [3.05, 3.63) is 30.1 Å². The lowest BCUT2D eigenvalue weighted by Crippen LogP contribution is -2.39. The third-order valence-corrected chi connectivity index (χ3v) is 5.15. The minimum absolute atomic E-state index is 0.124. The van der Waals surface area contributed by atoms with Gasteiger partial charge in [-0.15, -0.1) is 0 Å². The molecule has 3 rings (SSSR count). The SMILES string of the molecule is CC(C)CN(CC(C)C)C(=O)Cn1c(CCNC(=O)C2CC2)nc2ccccc21. The third kappa shape index (κ3) is 5.81. The maximum absolute atomic E-state index is 13.2. The van der Waals surface area contributed by atoms with Crippen LogP contribution >= 0.6 is 0 Å². The van der Waals surface area contributed by atoms with E-state index in [9.17, 15) is 9.59 Å². The van der Waals surface area contributed by atoms with E-state index in [1.165, 1.54) is 0 Å². The van der Waals surface area contributed by atoms with Crippen LogP contribution in [0.5, 0.6) is 0 Å². The topological polar surface area (TPSA) is 67.2 Å². The van der Waals surface area contributed by atoms with Crippen LogP contribution < -0.4 is 5.32 Å². The van der Waals surface area contributed by atoms with Crippen LogP contribution in [0.3, 0.4) is 0 Å². The molecule has 1 aliphatic rings. The number of carbonyl (C=O) groups is 2. The van der Waals surface area contributed by atoms with Gasteiger partial charge in [0.2, 0.25) is 11.8 Å². The van der Waals surface area contributed by atoms with E-state index in [-0.39, 0.29) is 24.3 Å². The number of imidazole rings is 1. The second kappa shape index (κ2) is 9.42. The summed E-state index contributed by atoms with van der Waals surface area (Å²) < 4.78 is 2.02. The summed E-state index contributed by atoms with van der Waals surface area (Å²) in [6, 6.07) is 7.92. The zero-order chi connectivity index (χ0) is 21.0. The van der Waals surface area contributed by atoms with Crippen molar-refractivity contribution in [2.24, 2.45) is 17.8 Å². The molecule has 0 spiro atoms. The molecule has 1 heterocycles. The van der Waals surface area contributed by atoms with Crippen LogP contribution in [0.15, 0.2) is 24.3 Å². The smallest absolute Gasteiger partial charge is 0.242 e. The first kappa shape index (κ1) is 21.3. The molecule has 2 amide bonds. The zero-order valence-electron chi connectivity index (χ0n) is 18.1. The van der Waals surface area contributed by atoms with E-state index in [1.807, 2.05) is 33.7 Å². The molecule has 0 atom stereocenters. The Hall–Kier alpha value is -2.37. The van der Waals surface area contributed by atoms with Crippen LogP contribution in [0.4, 0.5) is 0 Å². The Labute approximate surface area is 173 Å². The van der Waals surface area contributed by atoms with Gasteiger partial charge in [-0.3, -0.25) is 9.59 Å². The van der Waals surface area contributed by atoms with Gasteiger partial charge in [0.15, 0.2) is 0 Å². The summed E-state index contributed by atoms with van der Waals surface area (Å²) in [5.41, 5.74) is 1.86. The average Bonchev–Trinajstić information content (AvgIpc) is 3.45. The Bertz CT molecular complexity index is 842. The number of aromatic nitrogens is 2. The predicted octanol–water partition coefficient (Wildman–Crippen LogP) is 3.25. The van der Waals surface area contributed by atoms with Crippen molar-refractivity contribution < 1.29 is 9.59 Å². The van der Waals surface area contributed by atoms with E-state index in [0.717, 1.165) is 42.8 Å². The maximum atomic E-state index is 13.2. The number of para-hydroxylation sites is 2. The summed E-state index contributed by atoms with van der Waals surface area (Å²) in [7, 11) is 0. The quantitative estimate of drug-likeness (QED) is 0.668. The highest BCUT2D eigenvalue weighted by atomic mass is 16.2. The fraction of sp³-hybridized carbons (Fsp3) is 0.609. The number of nitrogens with one attached hydrogen (secondary N) is 1. The maximum Gasteiger partial charge on any atom is 0.242 e. The molecule has 1 N–H and O–H groups in total. The second-order valence-corrected chi connectivity index (χ2v) is 9.00. The van der Waals surface area contributed by atoms with Crippen LogP contribution in [0, 0.1) is 17.8 Å². The second-order valence-electron chi connectivity index (χ2n) is 9.00. The number of hydrogen-bond acceptors (Lipinski definition) is 3. The number of hydrogen-bond donors (Lipinski definition) is 1. The third-order valence-electron chi connectivity index (χ3n) is 5.15. The van der Waals surface area contributed by atoms with Crippen molar-refractivity contribution in [2.45, 2.75) is 53.5 Å². The molecule has 0 bridgehead atoms. The van der Waals surface area contributed by atoms with Gasteiger partial charge in [0.25, 0.3) is 0 Å². The first-order valence-electron chi connectivity index (χ1n) is 10.8. The highest BCUT2D eigenvalue weighted by molar-refractivity contribution is 5.82. The number of nitrogens with zero attached hydrogens (tertiary/aromatic N) is 3. The van der Waals surface area contributed by atoms with Crippen LogP contribution in [-0.4, -0.2) is 45.9 Å². The fourth-order valence-corrected chi connectivity index (χ4v) is 3.68. The Morgan fingerprint density at radius 3 is 2.41 bits per heavy atom. The number of rotatable bonds is 10. The van der Waals surface area contributed by atoms with Crippen molar-refractivity contribution in [2.75, 3.05) is 19.6 Å². The van der Waals surface area contributed by atoms with Gasteiger partial charge in [0.05, 0.1) is 11.0 Å². The normalized spacial score (nSPS) is 14.0. The molecule has 1 aliphatic carbocycles. The molecular weight excluding hydrogens is 364 g/mol. The van der Waals surface area contributed by atoms with E-state index in [2.05, 4.69) is 33.0 Å². The molecule has 1 saturated carbocycles. The summed E-state index contributed by atoms with van der Waals surface area (Å²) in [5, 5.41) is 3.01. The molecule has 0 aliphatic heterocycles. The molecule has 2 aromatic rings. The molecular formula is C23H34N4O2. The molecule has 1 fully saturated rings. The van der Waals surface area contributed by atoms with Gasteiger partial charge in [-0.1, -0.05) is 39.8 Å². The molecule has 1 aromatic heterocycles. The predicted molar refractivity (Wildman–Crippen MR) is 115 cm³/mol. The molecule has 6 nitrogen and oxygen atoms in total. The molecule has 6 heteroatoms. The highest BCUT2D eigenvalue weighted by Gasteiger charge is 2.29. The fourth-order valence-electron chi connectivity index (χ4n) is 3.68. The lowest BCUT2D eigenvalue weighted by molar-refractivity contribution is -0.133. The van der Waals surface area contributed by atoms with Crippen molar-refractivity contribution in [1.29, 1.82) is 0 Å². The number of benzene rings is 1. The van der Waals surface area contributed by atoms with Gasteiger partial charge in [0.1, 0.15) is 12.4 Å². The highest BCUT2D eigenvalue weighted by Crippen LogP contribution is 2.28. The lowest BCUT2D eigenvalue weighted by atomic mass is 10.1. The Balaban J connectivity index is 1.76. The van der Waals surface area contributed by atoms with Gasteiger partial charge in [-0.25, -0.2) is 4.98 Å².